The van der Waals surface area contributed by atoms with E-state index >= 15 is 0 Å². The number of methoxy groups -OCH3 is 1. The molecular weight excluding hydrogens is 288 g/mol. The lowest BCUT2D eigenvalue weighted by molar-refractivity contribution is -0.143. The molecule has 0 heterocycles. The maximum Gasteiger partial charge on any atom is 0.316 e. The maximum atomic E-state index is 11.9. The molecule has 0 bridgehead atoms. The summed E-state index contributed by atoms with van der Waals surface area (Å²) in [5.41, 5.74) is 1.97. The minimum Gasteiger partial charge on any atom is -0.492 e. The monoisotopic (exact) mass is 304 g/mol. The normalized spacial score (nSPS) is 11.8. The zero-order valence-corrected chi connectivity index (χ0v) is 12.8. The third-order valence-corrected chi connectivity index (χ3v) is 3.45. The average molecular weight is 305 g/mol. The minimum absolute atomic E-state index is 0.220. The van der Waals surface area contributed by atoms with Gasteiger partial charge in [-0.1, -0.05) is 41.4 Å². The van der Waals surface area contributed by atoms with Crippen LogP contribution in [0.4, 0.5) is 0 Å². The SMILES string of the molecule is COC(=O)C(COc1ccc(C)cc1)c1ccc(Cl)cc1. The molecule has 0 N–H and O–H groups in total. The highest BCUT2D eigenvalue weighted by Crippen LogP contribution is 2.22. The number of halogens is 1. The van der Waals surface area contributed by atoms with Crippen LogP contribution < -0.4 is 4.74 Å². The first-order chi connectivity index (χ1) is 10.1. The number of ether oxygens (including phenoxy) is 2. The highest BCUT2D eigenvalue weighted by Gasteiger charge is 2.22. The molecular formula is C17H17ClO3. The highest BCUT2D eigenvalue weighted by molar-refractivity contribution is 6.30. The molecule has 2 aromatic rings. The lowest BCUT2D eigenvalue weighted by Crippen LogP contribution is -2.21. The number of hydrogen-bond acceptors (Lipinski definition) is 3. The molecule has 0 saturated heterocycles. The van der Waals surface area contributed by atoms with Crippen LogP contribution in [0.3, 0.4) is 0 Å². The Hall–Kier alpha value is -2.00. The fourth-order valence-electron chi connectivity index (χ4n) is 1.95. The predicted molar refractivity (Wildman–Crippen MR) is 82.9 cm³/mol. The van der Waals surface area contributed by atoms with Gasteiger partial charge in [-0.2, -0.15) is 0 Å². The number of rotatable bonds is 5. The molecule has 0 fully saturated rings. The number of esters is 1. The van der Waals surface area contributed by atoms with Gasteiger partial charge in [-0.25, -0.2) is 0 Å². The molecule has 0 amide bonds. The highest BCUT2D eigenvalue weighted by atomic mass is 35.5. The third kappa shape index (κ3) is 4.23. The van der Waals surface area contributed by atoms with E-state index in [0.717, 1.165) is 16.9 Å². The number of benzene rings is 2. The molecule has 110 valence electrons. The Morgan fingerprint density at radius 1 is 1.10 bits per heavy atom. The van der Waals surface area contributed by atoms with Crippen LogP contribution in [-0.2, 0) is 9.53 Å². The van der Waals surface area contributed by atoms with Crippen molar-refractivity contribution >= 4 is 17.6 Å². The molecule has 2 rings (SSSR count). The molecule has 4 heteroatoms. The average Bonchev–Trinajstić information content (AvgIpc) is 2.50. The van der Waals surface area contributed by atoms with Crippen molar-refractivity contribution < 1.29 is 14.3 Å². The third-order valence-electron chi connectivity index (χ3n) is 3.20. The van der Waals surface area contributed by atoms with Crippen LogP contribution in [0, 0.1) is 6.92 Å². The fourth-order valence-corrected chi connectivity index (χ4v) is 2.08. The van der Waals surface area contributed by atoms with Gasteiger partial charge in [0.15, 0.2) is 0 Å². The molecule has 3 nitrogen and oxygen atoms in total. The summed E-state index contributed by atoms with van der Waals surface area (Å²) in [6, 6.07) is 14.8. The van der Waals surface area contributed by atoms with E-state index in [1.807, 2.05) is 43.3 Å². The van der Waals surface area contributed by atoms with Crippen LogP contribution in [0.5, 0.6) is 5.75 Å². The molecule has 0 aromatic heterocycles. The van der Waals surface area contributed by atoms with Gasteiger partial charge in [0.1, 0.15) is 18.3 Å². The molecule has 0 aliphatic carbocycles. The Morgan fingerprint density at radius 2 is 1.71 bits per heavy atom. The van der Waals surface area contributed by atoms with E-state index in [4.69, 9.17) is 21.1 Å². The van der Waals surface area contributed by atoms with E-state index in [0.29, 0.717) is 5.02 Å². The lowest BCUT2D eigenvalue weighted by Gasteiger charge is -2.16. The largest absolute Gasteiger partial charge is 0.492 e. The number of aryl methyl sites for hydroxylation is 1. The summed E-state index contributed by atoms with van der Waals surface area (Å²) < 4.78 is 10.5. The first-order valence-electron chi connectivity index (χ1n) is 6.63. The van der Waals surface area contributed by atoms with Crippen LogP contribution in [0.15, 0.2) is 48.5 Å². The van der Waals surface area contributed by atoms with Gasteiger partial charge in [0, 0.05) is 5.02 Å². The van der Waals surface area contributed by atoms with Crippen molar-refractivity contribution in [2.24, 2.45) is 0 Å². The second kappa shape index (κ2) is 7.14. The summed E-state index contributed by atoms with van der Waals surface area (Å²) in [5.74, 6) is -0.0820. The van der Waals surface area contributed by atoms with Crippen molar-refractivity contribution in [3.8, 4) is 5.75 Å². The summed E-state index contributed by atoms with van der Waals surface area (Å²) in [6.45, 7) is 2.23. The minimum atomic E-state index is -0.478. The summed E-state index contributed by atoms with van der Waals surface area (Å²) in [4.78, 5) is 11.9. The second-order valence-corrected chi connectivity index (χ2v) is 5.19. The van der Waals surface area contributed by atoms with Crippen LogP contribution >= 0.6 is 11.6 Å². The van der Waals surface area contributed by atoms with Crippen molar-refractivity contribution in [3.63, 3.8) is 0 Å². The van der Waals surface area contributed by atoms with Gasteiger partial charge in [-0.15, -0.1) is 0 Å². The predicted octanol–water partition coefficient (Wildman–Crippen LogP) is 3.98. The van der Waals surface area contributed by atoms with Gasteiger partial charge < -0.3 is 9.47 Å². The topological polar surface area (TPSA) is 35.5 Å². The molecule has 1 unspecified atom stereocenters. The van der Waals surface area contributed by atoms with Crippen molar-refractivity contribution in [3.05, 3.63) is 64.7 Å². The van der Waals surface area contributed by atoms with E-state index in [1.54, 1.807) is 12.1 Å². The molecule has 0 radical (unpaired) electrons. The first kappa shape index (κ1) is 15.4. The molecule has 0 saturated carbocycles. The smallest absolute Gasteiger partial charge is 0.316 e. The van der Waals surface area contributed by atoms with Crippen LogP contribution in [0.2, 0.25) is 5.02 Å². The number of carbonyl (C=O) groups excluding carboxylic acids is 1. The lowest BCUT2D eigenvalue weighted by atomic mass is 10.0. The Bertz CT molecular complexity index is 590. The first-order valence-corrected chi connectivity index (χ1v) is 7.00. The second-order valence-electron chi connectivity index (χ2n) is 4.75. The molecule has 21 heavy (non-hydrogen) atoms. The maximum absolute atomic E-state index is 11.9. The van der Waals surface area contributed by atoms with Crippen molar-refractivity contribution in [1.29, 1.82) is 0 Å². The van der Waals surface area contributed by atoms with E-state index in [1.165, 1.54) is 7.11 Å². The Labute approximate surface area is 129 Å². The summed E-state index contributed by atoms with van der Waals surface area (Å²) in [5, 5.41) is 0.627. The number of hydrogen-bond donors (Lipinski definition) is 0. The van der Waals surface area contributed by atoms with Crippen LogP contribution in [-0.4, -0.2) is 19.7 Å². The van der Waals surface area contributed by atoms with Gasteiger partial charge in [0.25, 0.3) is 0 Å². The molecule has 0 aliphatic rings. The van der Waals surface area contributed by atoms with E-state index in [2.05, 4.69) is 0 Å². The molecule has 2 aromatic carbocycles. The van der Waals surface area contributed by atoms with Crippen LogP contribution in [0.1, 0.15) is 17.0 Å². The van der Waals surface area contributed by atoms with Gasteiger partial charge in [0.05, 0.1) is 7.11 Å². The van der Waals surface area contributed by atoms with E-state index < -0.39 is 5.92 Å². The van der Waals surface area contributed by atoms with Crippen molar-refractivity contribution in [1.82, 2.24) is 0 Å². The summed E-state index contributed by atoms with van der Waals surface area (Å²) in [7, 11) is 1.37. The standard InChI is InChI=1S/C17H17ClO3/c1-12-3-9-15(10-4-12)21-11-16(17(19)20-2)13-5-7-14(18)8-6-13/h3-10,16H,11H2,1-2H3. The van der Waals surface area contributed by atoms with Gasteiger partial charge in [0.2, 0.25) is 0 Å². The summed E-state index contributed by atoms with van der Waals surface area (Å²) in [6.07, 6.45) is 0. The quantitative estimate of drug-likeness (QED) is 0.784. The van der Waals surface area contributed by atoms with E-state index in [-0.39, 0.29) is 12.6 Å². The molecule has 1 atom stereocenters. The Kier molecular flexibility index (Phi) is 5.23. The number of carbonyl (C=O) groups is 1. The van der Waals surface area contributed by atoms with Gasteiger partial charge in [-0.3, -0.25) is 4.79 Å². The molecule has 0 aliphatic heterocycles. The van der Waals surface area contributed by atoms with Crippen molar-refractivity contribution in [2.75, 3.05) is 13.7 Å². The summed E-state index contributed by atoms with van der Waals surface area (Å²) >= 11 is 5.87. The Morgan fingerprint density at radius 3 is 2.29 bits per heavy atom. The van der Waals surface area contributed by atoms with Crippen LogP contribution in [0.25, 0.3) is 0 Å². The van der Waals surface area contributed by atoms with Crippen molar-refractivity contribution in [2.45, 2.75) is 12.8 Å². The fraction of sp³-hybridized carbons (Fsp3) is 0.235. The zero-order chi connectivity index (χ0) is 15.2. The van der Waals surface area contributed by atoms with Gasteiger partial charge >= 0.3 is 5.97 Å². The molecule has 0 spiro atoms. The Balaban J connectivity index is 2.11. The van der Waals surface area contributed by atoms with E-state index in [9.17, 15) is 4.79 Å². The van der Waals surface area contributed by atoms with Gasteiger partial charge in [-0.05, 0) is 36.8 Å². The zero-order valence-electron chi connectivity index (χ0n) is 12.0.